The van der Waals surface area contributed by atoms with Gasteiger partial charge < -0.3 is 9.80 Å². The van der Waals surface area contributed by atoms with E-state index in [1.807, 2.05) is 19.9 Å². The number of nitrogens with zero attached hydrogens (tertiary/aromatic N) is 2. The van der Waals surface area contributed by atoms with Crippen LogP contribution in [-0.4, -0.2) is 39.5 Å². The number of amides is 4. The topological polar surface area (TPSA) is 86.8 Å². The van der Waals surface area contributed by atoms with Gasteiger partial charge in [-0.1, -0.05) is 12.1 Å². The van der Waals surface area contributed by atoms with Crippen molar-refractivity contribution in [1.82, 2.24) is 15.1 Å². The number of carbonyl (C=O) groups is 4. The predicted molar refractivity (Wildman–Crippen MR) is 117 cm³/mol. The van der Waals surface area contributed by atoms with E-state index < -0.39 is 18.0 Å². The number of carbonyl (C=O) groups excluding carboxylic acids is 4. The lowest BCUT2D eigenvalue weighted by Gasteiger charge is -2.32. The standard InChI is InChI=1S/C25H24FN3O4/c1-12-4-6-16-13(2)28(11-19(16)22(12)26)24(32)15-5-7-17-18(10-15)14(3)29(25(17)33)20-8-9-21(30)27-23(20)31/h4-7,10,13-14,20H,8-9,11H2,1-3H3,(H,27,30,31)/t13-,14+,20-/m0/s1. The first-order chi connectivity index (χ1) is 15.7. The maximum absolute atomic E-state index is 14.6. The molecule has 3 aliphatic rings. The zero-order valence-corrected chi connectivity index (χ0v) is 18.6. The molecule has 2 aromatic rings. The summed E-state index contributed by atoms with van der Waals surface area (Å²) in [4.78, 5) is 53.4. The first-order valence-corrected chi connectivity index (χ1v) is 11.1. The van der Waals surface area contributed by atoms with Gasteiger partial charge in [-0.3, -0.25) is 24.5 Å². The Morgan fingerprint density at radius 2 is 1.82 bits per heavy atom. The summed E-state index contributed by atoms with van der Waals surface area (Å²) in [6.45, 7) is 5.59. The highest BCUT2D eigenvalue weighted by molar-refractivity contribution is 6.06. The summed E-state index contributed by atoms with van der Waals surface area (Å²) in [5.41, 5.74) is 3.43. The minimum atomic E-state index is -0.726. The molecular weight excluding hydrogens is 425 g/mol. The van der Waals surface area contributed by atoms with E-state index in [1.165, 1.54) is 4.90 Å². The molecule has 1 saturated heterocycles. The van der Waals surface area contributed by atoms with E-state index in [0.717, 1.165) is 5.56 Å². The summed E-state index contributed by atoms with van der Waals surface area (Å²) >= 11 is 0. The molecule has 33 heavy (non-hydrogen) atoms. The van der Waals surface area contributed by atoms with Gasteiger partial charge in [0.25, 0.3) is 11.8 Å². The molecule has 0 saturated carbocycles. The highest BCUT2D eigenvalue weighted by Crippen LogP contribution is 2.39. The number of halogens is 1. The van der Waals surface area contributed by atoms with E-state index >= 15 is 0 Å². The molecule has 0 spiro atoms. The summed E-state index contributed by atoms with van der Waals surface area (Å²) in [6.07, 6.45) is 0.450. The Kier molecular flexibility index (Phi) is 4.84. The highest BCUT2D eigenvalue weighted by atomic mass is 19.1. The van der Waals surface area contributed by atoms with Crippen molar-refractivity contribution in [2.24, 2.45) is 0 Å². The first kappa shape index (κ1) is 21.3. The van der Waals surface area contributed by atoms with Gasteiger partial charge in [0.15, 0.2) is 0 Å². The second-order valence-corrected chi connectivity index (χ2v) is 9.03. The largest absolute Gasteiger partial charge is 0.327 e. The number of hydrogen-bond acceptors (Lipinski definition) is 4. The van der Waals surface area contributed by atoms with Crippen molar-refractivity contribution in [1.29, 1.82) is 0 Å². The smallest absolute Gasteiger partial charge is 0.255 e. The number of imide groups is 1. The molecule has 0 bridgehead atoms. The van der Waals surface area contributed by atoms with Crippen molar-refractivity contribution in [2.45, 2.75) is 58.3 Å². The number of benzene rings is 2. The normalized spacial score (nSPS) is 24.1. The number of nitrogens with one attached hydrogen (secondary N) is 1. The van der Waals surface area contributed by atoms with Crippen LogP contribution in [0.3, 0.4) is 0 Å². The third-order valence-corrected chi connectivity index (χ3v) is 7.16. The average Bonchev–Trinajstić information content (AvgIpc) is 3.25. The second kappa shape index (κ2) is 7.50. The Morgan fingerprint density at radius 3 is 2.55 bits per heavy atom. The van der Waals surface area contributed by atoms with Crippen LogP contribution in [0.2, 0.25) is 0 Å². The van der Waals surface area contributed by atoms with Gasteiger partial charge in [-0.15, -0.1) is 0 Å². The Hall–Kier alpha value is -3.55. The van der Waals surface area contributed by atoms with E-state index in [4.69, 9.17) is 0 Å². The van der Waals surface area contributed by atoms with Gasteiger partial charge in [0.1, 0.15) is 11.9 Å². The van der Waals surface area contributed by atoms with Crippen molar-refractivity contribution >= 4 is 23.6 Å². The van der Waals surface area contributed by atoms with Crippen molar-refractivity contribution in [3.63, 3.8) is 0 Å². The maximum atomic E-state index is 14.6. The number of rotatable bonds is 2. The lowest BCUT2D eigenvalue weighted by Crippen LogP contribution is -2.53. The van der Waals surface area contributed by atoms with E-state index in [1.54, 1.807) is 36.1 Å². The number of hydrogen-bond donors (Lipinski definition) is 1. The second-order valence-electron chi connectivity index (χ2n) is 9.03. The summed E-state index contributed by atoms with van der Waals surface area (Å²) in [7, 11) is 0. The molecule has 1 fully saturated rings. The molecule has 3 atom stereocenters. The van der Waals surface area contributed by atoms with Crippen LogP contribution < -0.4 is 5.32 Å². The van der Waals surface area contributed by atoms with Crippen LogP contribution in [0.25, 0.3) is 0 Å². The fourth-order valence-electron chi connectivity index (χ4n) is 5.25. The molecule has 3 heterocycles. The summed E-state index contributed by atoms with van der Waals surface area (Å²) in [5.74, 6) is -1.62. The van der Waals surface area contributed by atoms with Gasteiger partial charge in [0.2, 0.25) is 11.8 Å². The third kappa shape index (κ3) is 3.15. The molecular formula is C25H24FN3O4. The SMILES string of the molecule is Cc1ccc2c(c1F)CN(C(=O)c1ccc3c(c1)[C@@H](C)N([C@H]1CCC(=O)NC1=O)C3=O)[C@H]2C. The highest BCUT2D eigenvalue weighted by Gasteiger charge is 2.43. The third-order valence-electron chi connectivity index (χ3n) is 7.16. The van der Waals surface area contributed by atoms with Crippen molar-refractivity contribution in [3.05, 3.63) is 69.5 Å². The quantitative estimate of drug-likeness (QED) is 0.714. The van der Waals surface area contributed by atoms with Gasteiger partial charge in [0.05, 0.1) is 12.1 Å². The van der Waals surface area contributed by atoms with Gasteiger partial charge >= 0.3 is 0 Å². The average molecular weight is 449 g/mol. The molecule has 3 aliphatic heterocycles. The van der Waals surface area contributed by atoms with Crippen molar-refractivity contribution in [3.8, 4) is 0 Å². The molecule has 170 valence electrons. The molecule has 4 amide bonds. The van der Waals surface area contributed by atoms with E-state index in [-0.39, 0.29) is 49.0 Å². The molecule has 0 aromatic heterocycles. The molecule has 0 radical (unpaired) electrons. The van der Waals surface area contributed by atoms with Gasteiger partial charge in [-0.05, 0) is 62.1 Å². The summed E-state index contributed by atoms with van der Waals surface area (Å²) in [6, 6.07) is 7.10. The first-order valence-electron chi connectivity index (χ1n) is 11.1. The maximum Gasteiger partial charge on any atom is 0.255 e. The molecule has 1 N–H and O–H groups in total. The summed E-state index contributed by atoms with van der Waals surface area (Å²) < 4.78 is 14.6. The molecule has 2 aromatic carbocycles. The number of aryl methyl sites for hydroxylation is 1. The van der Waals surface area contributed by atoms with Crippen LogP contribution in [0, 0.1) is 12.7 Å². The van der Waals surface area contributed by atoms with Crippen LogP contribution >= 0.6 is 0 Å². The van der Waals surface area contributed by atoms with E-state index in [0.29, 0.717) is 27.8 Å². The summed E-state index contributed by atoms with van der Waals surface area (Å²) in [5, 5.41) is 2.30. The lowest BCUT2D eigenvalue weighted by molar-refractivity contribution is -0.137. The van der Waals surface area contributed by atoms with Crippen LogP contribution in [-0.2, 0) is 16.1 Å². The molecule has 8 heteroatoms. The van der Waals surface area contributed by atoms with Crippen LogP contribution in [0.5, 0.6) is 0 Å². The Balaban J connectivity index is 1.43. The van der Waals surface area contributed by atoms with Gasteiger partial charge in [-0.2, -0.15) is 0 Å². The zero-order valence-electron chi connectivity index (χ0n) is 18.6. The Labute approximate surface area is 190 Å². The van der Waals surface area contributed by atoms with Crippen LogP contribution in [0.1, 0.15) is 81.7 Å². The zero-order chi connectivity index (χ0) is 23.6. The molecule has 0 aliphatic carbocycles. The van der Waals surface area contributed by atoms with Crippen LogP contribution in [0.4, 0.5) is 4.39 Å². The minimum Gasteiger partial charge on any atom is -0.327 e. The molecule has 0 unspecified atom stereocenters. The van der Waals surface area contributed by atoms with Gasteiger partial charge in [-0.25, -0.2) is 4.39 Å². The number of fused-ring (bicyclic) bond motifs is 2. The minimum absolute atomic E-state index is 0.177. The Bertz CT molecular complexity index is 1240. The van der Waals surface area contributed by atoms with Gasteiger partial charge in [0, 0.05) is 29.7 Å². The van der Waals surface area contributed by atoms with E-state index in [9.17, 15) is 23.6 Å². The number of piperidine rings is 1. The monoisotopic (exact) mass is 449 g/mol. The lowest BCUT2D eigenvalue weighted by atomic mass is 10.00. The fraction of sp³-hybridized carbons (Fsp3) is 0.360. The molecule has 5 rings (SSSR count). The Morgan fingerprint density at radius 1 is 1.06 bits per heavy atom. The molecule has 7 nitrogen and oxygen atoms in total. The van der Waals surface area contributed by atoms with Crippen molar-refractivity contribution in [2.75, 3.05) is 0 Å². The van der Waals surface area contributed by atoms with E-state index in [2.05, 4.69) is 5.32 Å². The van der Waals surface area contributed by atoms with Crippen LogP contribution in [0.15, 0.2) is 30.3 Å². The predicted octanol–water partition coefficient (Wildman–Crippen LogP) is 3.17. The van der Waals surface area contributed by atoms with Crippen molar-refractivity contribution < 1.29 is 23.6 Å². The fourth-order valence-corrected chi connectivity index (χ4v) is 5.25.